The Labute approximate surface area is 160 Å². The van der Waals surface area contributed by atoms with Gasteiger partial charge in [0, 0.05) is 29.1 Å². The van der Waals surface area contributed by atoms with Gasteiger partial charge in [-0.2, -0.15) is 9.61 Å². The summed E-state index contributed by atoms with van der Waals surface area (Å²) in [6, 6.07) is 10.0. The molecule has 0 atom stereocenters. The zero-order valence-corrected chi connectivity index (χ0v) is 15.9. The average molecular weight is 414 g/mol. The highest BCUT2D eigenvalue weighted by Gasteiger charge is 2.33. The van der Waals surface area contributed by atoms with Gasteiger partial charge in [0.1, 0.15) is 17.7 Å². The third-order valence-electron chi connectivity index (χ3n) is 5.05. The quantitative estimate of drug-likeness (QED) is 0.714. The molecule has 0 radical (unpaired) electrons. The van der Waals surface area contributed by atoms with Crippen molar-refractivity contribution >= 4 is 27.4 Å². The maximum atomic E-state index is 6.10. The van der Waals surface area contributed by atoms with Gasteiger partial charge in [0.2, 0.25) is 0 Å². The molecule has 1 N–H and O–H groups in total. The summed E-state index contributed by atoms with van der Waals surface area (Å²) in [5.41, 5.74) is 3.46. The van der Waals surface area contributed by atoms with Crippen LogP contribution in [0.5, 0.6) is 5.75 Å². The van der Waals surface area contributed by atoms with E-state index in [2.05, 4.69) is 31.2 Å². The topological polar surface area (TPSA) is 54.7 Å². The molecule has 1 aromatic carbocycles. The predicted octanol–water partition coefficient (Wildman–Crippen LogP) is 2.45. The molecule has 7 heteroatoms. The number of halogens is 1. The number of anilines is 1. The Morgan fingerprint density at radius 3 is 2.73 bits per heavy atom. The summed E-state index contributed by atoms with van der Waals surface area (Å²) in [5, 5.41) is 8.00. The van der Waals surface area contributed by atoms with Crippen molar-refractivity contribution in [2.45, 2.75) is 18.9 Å². The summed E-state index contributed by atoms with van der Waals surface area (Å²) in [6.07, 6.45) is 3.99. The molecule has 134 valence electrons. The average Bonchev–Trinajstić information content (AvgIpc) is 2.95. The molecule has 2 aliphatic rings. The Bertz CT molecular complexity index is 933. The summed E-state index contributed by atoms with van der Waals surface area (Å²) in [4.78, 5) is 7.20. The lowest BCUT2D eigenvalue weighted by molar-refractivity contribution is 0.166. The van der Waals surface area contributed by atoms with Gasteiger partial charge in [0.05, 0.1) is 25.0 Å². The van der Waals surface area contributed by atoms with Gasteiger partial charge in [-0.3, -0.25) is 0 Å². The Morgan fingerprint density at radius 2 is 1.88 bits per heavy atom. The maximum Gasteiger partial charge on any atom is 0.157 e. The van der Waals surface area contributed by atoms with Crippen LogP contribution in [-0.4, -0.2) is 46.9 Å². The normalized spacial score (nSPS) is 17.7. The summed E-state index contributed by atoms with van der Waals surface area (Å²) in [6.45, 7) is 3.71. The Hall–Kier alpha value is -2.12. The van der Waals surface area contributed by atoms with Gasteiger partial charge in [-0.1, -0.05) is 15.9 Å². The van der Waals surface area contributed by atoms with Crippen molar-refractivity contribution in [3.05, 3.63) is 52.3 Å². The van der Waals surface area contributed by atoms with Crippen molar-refractivity contribution in [2.75, 3.05) is 31.1 Å². The first kappa shape index (κ1) is 16.1. The van der Waals surface area contributed by atoms with E-state index in [1.54, 1.807) is 0 Å². The number of hydrogen-bond acceptors (Lipinski definition) is 5. The lowest BCUT2D eigenvalue weighted by atomic mass is 10.1. The first-order chi connectivity index (χ1) is 12.8. The van der Waals surface area contributed by atoms with Crippen molar-refractivity contribution in [2.24, 2.45) is 0 Å². The molecule has 1 fully saturated rings. The van der Waals surface area contributed by atoms with Gasteiger partial charge in [-0.15, -0.1) is 0 Å². The lowest BCUT2D eigenvalue weighted by Gasteiger charge is -2.41. The highest BCUT2D eigenvalue weighted by Crippen LogP contribution is 2.31. The van der Waals surface area contributed by atoms with E-state index in [1.807, 2.05) is 41.0 Å². The summed E-state index contributed by atoms with van der Waals surface area (Å²) < 4.78 is 9.15. The van der Waals surface area contributed by atoms with E-state index < -0.39 is 0 Å². The molecule has 0 saturated carbocycles. The number of benzene rings is 1. The van der Waals surface area contributed by atoms with Gasteiger partial charge in [-0.25, -0.2) is 4.98 Å². The fourth-order valence-electron chi connectivity index (χ4n) is 3.73. The van der Waals surface area contributed by atoms with E-state index in [9.17, 15) is 0 Å². The lowest BCUT2D eigenvalue weighted by Crippen LogP contribution is -2.55. The minimum atomic E-state index is 0.203. The molecule has 2 aromatic heterocycles. The standard InChI is InChI=1S/C19H20BrN5O/c20-13-1-3-14(4-2-13)26-15-11-24(12-15)19-16-5-8-21-9-6-17(16)23-18-7-10-22-25(18)19/h1-4,7,10,15,21H,5-6,8-9,11-12H2. The second-order valence-corrected chi connectivity index (χ2v) is 7.73. The van der Waals surface area contributed by atoms with Crippen LogP contribution in [0.15, 0.2) is 41.0 Å². The summed E-state index contributed by atoms with van der Waals surface area (Å²) in [5.74, 6) is 2.11. The number of hydrogen-bond donors (Lipinski definition) is 1. The van der Waals surface area contributed by atoms with E-state index in [1.165, 1.54) is 17.1 Å². The number of aromatic nitrogens is 3. The molecule has 0 unspecified atom stereocenters. The van der Waals surface area contributed by atoms with Crippen LogP contribution in [0.25, 0.3) is 5.65 Å². The highest BCUT2D eigenvalue weighted by molar-refractivity contribution is 9.10. The second kappa shape index (κ2) is 6.55. The van der Waals surface area contributed by atoms with Crippen molar-refractivity contribution in [3.63, 3.8) is 0 Å². The molecule has 4 heterocycles. The monoisotopic (exact) mass is 413 g/mol. The smallest absolute Gasteiger partial charge is 0.157 e. The molecule has 2 aliphatic heterocycles. The molecule has 5 rings (SSSR count). The Kier molecular flexibility index (Phi) is 4.05. The molecule has 0 spiro atoms. The zero-order valence-electron chi connectivity index (χ0n) is 14.4. The first-order valence-electron chi connectivity index (χ1n) is 9.01. The van der Waals surface area contributed by atoms with Gasteiger partial charge >= 0.3 is 0 Å². The van der Waals surface area contributed by atoms with Crippen LogP contribution in [-0.2, 0) is 12.8 Å². The van der Waals surface area contributed by atoms with Crippen LogP contribution in [0.4, 0.5) is 5.82 Å². The van der Waals surface area contributed by atoms with Crippen molar-refractivity contribution in [1.29, 1.82) is 0 Å². The zero-order chi connectivity index (χ0) is 17.5. The first-order valence-corrected chi connectivity index (χ1v) is 9.80. The fourth-order valence-corrected chi connectivity index (χ4v) is 4.00. The van der Waals surface area contributed by atoms with Crippen LogP contribution >= 0.6 is 15.9 Å². The van der Waals surface area contributed by atoms with Gasteiger partial charge in [0.25, 0.3) is 0 Å². The molecule has 0 bridgehead atoms. The Morgan fingerprint density at radius 1 is 1.08 bits per heavy atom. The second-order valence-electron chi connectivity index (χ2n) is 6.81. The number of ether oxygens (including phenoxy) is 1. The van der Waals surface area contributed by atoms with Crippen LogP contribution in [0, 0.1) is 0 Å². The van der Waals surface area contributed by atoms with E-state index in [0.717, 1.165) is 54.9 Å². The summed E-state index contributed by atoms with van der Waals surface area (Å²) >= 11 is 3.46. The third kappa shape index (κ3) is 2.85. The van der Waals surface area contributed by atoms with Gasteiger partial charge in [-0.05, 0) is 37.2 Å². The Balaban J connectivity index is 1.40. The van der Waals surface area contributed by atoms with Crippen molar-refractivity contribution in [1.82, 2.24) is 19.9 Å². The third-order valence-corrected chi connectivity index (χ3v) is 5.57. The molecule has 3 aromatic rings. The number of rotatable bonds is 3. The van der Waals surface area contributed by atoms with Crippen molar-refractivity contribution in [3.8, 4) is 5.75 Å². The van der Waals surface area contributed by atoms with Crippen LogP contribution in [0.3, 0.4) is 0 Å². The van der Waals surface area contributed by atoms with E-state index >= 15 is 0 Å². The molecule has 26 heavy (non-hydrogen) atoms. The molecular weight excluding hydrogens is 394 g/mol. The number of nitrogens with one attached hydrogen (secondary N) is 1. The fraction of sp³-hybridized carbons (Fsp3) is 0.368. The molecule has 1 saturated heterocycles. The van der Waals surface area contributed by atoms with E-state index in [-0.39, 0.29) is 6.10 Å². The van der Waals surface area contributed by atoms with E-state index in [4.69, 9.17) is 9.72 Å². The minimum absolute atomic E-state index is 0.203. The maximum absolute atomic E-state index is 6.10. The molecule has 6 nitrogen and oxygen atoms in total. The number of fused-ring (bicyclic) bond motifs is 2. The van der Waals surface area contributed by atoms with E-state index in [0.29, 0.717) is 0 Å². The minimum Gasteiger partial charge on any atom is -0.487 e. The highest BCUT2D eigenvalue weighted by atomic mass is 79.9. The van der Waals surface area contributed by atoms with Crippen LogP contribution in [0.1, 0.15) is 11.3 Å². The SMILES string of the molecule is Brc1ccc(OC2CN(c3c4c(nc5ccnn35)CCNCC4)C2)cc1. The van der Waals surface area contributed by atoms with Crippen LogP contribution < -0.4 is 15.0 Å². The predicted molar refractivity (Wildman–Crippen MR) is 104 cm³/mol. The molecule has 0 amide bonds. The van der Waals surface area contributed by atoms with Crippen molar-refractivity contribution < 1.29 is 4.74 Å². The van der Waals surface area contributed by atoms with Gasteiger partial charge in [0.15, 0.2) is 5.65 Å². The summed E-state index contributed by atoms with van der Waals surface area (Å²) in [7, 11) is 0. The molecule has 0 aliphatic carbocycles. The number of nitrogens with zero attached hydrogens (tertiary/aromatic N) is 4. The van der Waals surface area contributed by atoms with Gasteiger partial charge < -0.3 is 15.0 Å². The van der Waals surface area contributed by atoms with Crippen LogP contribution in [0.2, 0.25) is 0 Å². The largest absolute Gasteiger partial charge is 0.487 e. The molecular formula is C19H20BrN5O.